The van der Waals surface area contributed by atoms with Gasteiger partial charge in [0.25, 0.3) is 11.8 Å². The Labute approximate surface area is 242 Å². The van der Waals surface area contributed by atoms with Crippen molar-refractivity contribution in [3.63, 3.8) is 0 Å². The van der Waals surface area contributed by atoms with E-state index in [1.807, 2.05) is 50.2 Å². The summed E-state index contributed by atoms with van der Waals surface area (Å²) in [7, 11) is 0. The number of carbonyl (C=O) groups excluding carboxylic acids is 3. The van der Waals surface area contributed by atoms with Crippen LogP contribution in [0, 0.1) is 6.92 Å². The second kappa shape index (κ2) is 13.6. The van der Waals surface area contributed by atoms with Crippen LogP contribution in [-0.4, -0.2) is 23.0 Å². The van der Waals surface area contributed by atoms with Crippen molar-refractivity contribution in [2.75, 3.05) is 10.6 Å². The molecule has 0 aliphatic carbocycles. The van der Waals surface area contributed by atoms with Crippen LogP contribution in [0.2, 0.25) is 5.02 Å². The molecular weight excluding hydrogens is 542 g/mol. The summed E-state index contributed by atoms with van der Waals surface area (Å²) in [6.45, 7) is 3.79. The summed E-state index contributed by atoms with van der Waals surface area (Å²) >= 11 is 7.69. The quantitative estimate of drug-likeness (QED) is 0.147. The molecule has 3 N–H and O–H groups in total. The summed E-state index contributed by atoms with van der Waals surface area (Å²) in [6.07, 6.45) is 1.54. The fourth-order valence-corrected chi connectivity index (χ4v) is 4.88. The van der Waals surface area contributed by atoms with E-state index in [9.17, 15) is 14.4 Å². The van der Waals surface area contributed by atoms with Crippen molar-refractivity contribution >= 4 is 58.5 Å². The fourth-order valence-electron chi connectivity index (χ4n) is 3.76. The smallest absolute Gasteiger partial charge is 0.272 e. The van der Waals surface area contributed by atoms with E-state index in [1.54, 1.807) is 66.7 Å². The molecule has 0 radical (unpaired) electrons. The topological polar surface area (TPSA) is 87.3 Å². The van der Waals surface area contributed by atoms with Gasteiger partial charge >= 0.3 is 0 Å². The molecule has 0 aromatic heterocycles. The van der Waals surface area contributed by atoms with Crippen LogP contribution in [0.3, 0.4) is 0 Å². The predicted octanol–water partition coefficient (Wildman–Crippen LogP) is 7.18. The summed E-state index contributed by atoms with van der Waals surface area (Å²) in [5.41, 5.74) is 3.35. The van der Waals surface area contributed by atoms with E-state index in [0.29, 0.717) is 21.8 Å². The van der Waals surface area contributed by atoms with Crippen LogP contribution in [0.5, 0.6) is 0 Å². The van der Waals surface area contributed by atoms with Gasteiger partial charge in [0.1, 0.15) is 5.70 Å². The Hall–Kier alpha value is -4.33. The first-order valence-corrected chi connectivity index (χ1v) is 13.8. The van der Waals surface area contributed by atoms with E-state index < -0.39 is 11.8 Å². The summed E-state index contributed by atoms with van der Waals surface area (Å²) in [4.78, 5) is 39.8. The number of aryl methyl sites for hydroxylation is 1. The SMILES string of the molecule is Cc1cccc(NC(=O)C(C)Sc2cccc(NC(=O)/C(=C\c3ccccc3Cl)NC(=O)c3ccccc3)c2)c1. The van der Waals surface area contributed by atoms with Crippen molar-refractivity contribution in [2.45, 2.75) is 24.0 Å². The van der Waals surface area contributed by atoms with Gasteiger partial charge in [0.05, 0.1) is 5.25 Å². The number of nitrogens with one attached hydrogen (secondary N) is 3. The number of carbonyl (C=O) groups is 3. The number of halogens is 1. The summed E-state index contributed by atoms with van der Waals surface area (Å²) in [5.74, 6) is -1.07. The Morgan fingerprint density at radius 1 is 0.800 bits per heavy atom. The molecule has 0 aliphatic heterocycles. The Bertz CT molecular complexity index is 1560. The van der Waals surface area contributed by atoms with Crippen LogP contribution in [-0.2, 0) is 9.59 Å². The molecule has 6 nitrogen and oxygen atoms in total. The monoisotopic (exact) mass is 569 g/mol. The first kappa shape index (κ1) is 28.7. The molecule has 4 aromatic carbocycles. The highest BCUT2D eigenvalue weighted by Crippen LogP contribution is 2.27. The molecule has 0 bridgehead atoms. The normalized spacial score (nSPS) is 11.8. The summed E-state index contributed by atoms with van der Waals surface area (Å²) < 4.78 is 0. The van der Waals surface area contributed by atoms with Crippen LogP contribution >= 0.6 is 23.4 Å². The largest absolute Gasteiger partial charge is 0.325 e. The number of hydrogen-bond donors (Lipinski definition) is 3. The van der Waals surface area contributed by atoms with E-state index in [2.05, 4.69) is 16.0 Å². The standard InChI is InChI=1S/C32H28ClN3O3S/c1-21-10-8-14-25(18-21)34-30(37)22(2)40-27-16-9-15-26(20-27)35-32(39)29(19-24-13-6-7-17-28(24)33)36-31(38)23-11-4-3-5-12-23/h3-20,22H,1-2H3,(H,34,37)(H,35,39)(H,36,38)/b29-19+. The van der Waals surface area contributed by atoms with Gasteiger partial charge in [-0.1, -0.05) is 66.2 Å². The highest BCUT2D eigenvalue weighted by Gasteiger charge is 2.18. The van der Waals surface area contributed by atoms with Gasteiger partial charge in [-0.05, 0) is 79.6 Å². The van der Waals surface area contributed by atoms with Gasteiger partial charge in [0, 0.05) is 26.9 Å². The van der Waals surface area contributed by atoms with Crippen LogP contribution in [0.25, 0.3) is 6.08 Å². The third-order valence-electron chi connectivity index (χ3n) is 5.79. The summed E-state index contributed by atoms with van der Waals surface area (Å²) in [6, 6.07) is 30.5. The minimum absolute atomic E-state index is 0.0332. The van der Waals surface area contributed by atoms with Crippen LogP contribution in [0.1, 0.15) is 28.4 Å². The van der Waals surface area contributed by atoms with Gasteiger partial charge in [-0.25, -0.2) is 0 Å². The van der Waals surface area contributed by atoms with Crippen molar-refractivity contribution in [3.05, 3.63) is 131 Å². The molecule has 4 rings (SSSR count). The molecule has 202 valence electrons. The summed E-state index contributed by atoms with van der Waals surface area (Å²) in [5, 5.41) is 8.56. The van der Waals surface area contributed by atoms with Crippen LogP contribution in [0.4, 0.5) is 11.4 Å². The number of benzene rings is 4. The molecule has 0 heterocycles. The van der Waals surface area contributed by atoms with E-state index in [4.69, 9.17) is 11.6 Å². The number of amides is 3. The van der Waals surface area contributed by atoms with Gasteiger partial charge in [-0.3, -0.25) is 14.4 Å². The molecule has 3 amide bonds. The van der Waals surface area contributed by atoms with Gasteiger partial charge in [0.2, 0.25) is 5.91 Å². The average Bonchev–Trinajstić information content (AvgIpc) is 2.94. The molecule has 0 saturated carbocycles. The lowest BCUT2D eigenvalue weighted by Gasteiger charge is -2.14. The number of thioether (sulfide) groups is 1. The van der Waals surface area contributed by atoms with E-state index in [-0.39, 0.29) is 16.9 Å². The second-order valence-corrected chi connectivity index (χ2v) is 10.8. The highest BCUT2D eigenvalue weighted by molar-refractivity contribution is 8.00. The maximum absolute atomic E-state index is 13.4. The molecule has 0 saturated heterocycles. The lowest BCUT2D eigenvalue weighted by atomic mass is 10.1. The van der Waals surface area contributed by atoms with Crippen molar-refractivity contribution < 1.29 is 14.4 Å². The van der Waals surface area contributed by atoms with Gasteiger partial charge in [-0.2, -0.15) is 0 Å². The Morgan fingerprint density at radius 2 is 1.48 bits per heavy atom. The maximum atomic E-state index is 13.4. The Balaban J connectivity index is 1.48. The lowest BCUT2D eigenvalue weighted by Crippen LogP contribution is -2.30. The average molecular weight is 570 g/mol. The minimum atomic E-state index is -0.517. The zero-order chi connectivity index (χ0) is 28.5. The van der Waals surface area contributed by atoms with Crippen molar-refractivity contribution in [2.24, 2.45) is 0 Å². The second-order valence-electron chi connectivity index (χ2n) is 9.00. The fraction of sp³-hybridized carbons (Fsp3) is 0.0938. The third-order valence-corrected chi connectivity index (χ3v) is 7.23. The van der Waals surface area contributed by atoms with Crippen LogP contribution in [0.15, 0.2) is 114 Å². The van der Waals surface area contributed by atoms with Crippen molar-refractivity contribution in [1.29, 1.82) is 0 Å². The van der Waals surface area contributed by atoms with E-state index in [0.717, 1.165) is 16.1 Å². The van der Waals surface area contributed by atoms with Crippen LogP contribution < -0.4 is 16.0 Å². The molecule has 1 atom stereocenters. The van der Waals surface area contributed by atoms with Gasteiger partial charge in [0.15, 0.2) is 0 Å². The van der Waals surface area contributed by atoms with Gasteiger partial charge < -0.3 is 16.0 Å². The lowest BCUT2D eigenvalue weighted by molar-refractivity contribution is -0.115. The number of rotatable bonds is 9. The molecule has 8 heteroatoms. The van der Waals surface area contributed by atoms with E-state index in [1.165, 1.54) is 17.8 Å². The first-order valence-electron chi connectivity index (χ1n) is 12.6. The molecule has 4 aromatic rings. The minimum Gasteiger partial charge on any atom is -0.325 e. The number of hydrogen-bond acceptors (Lipinski definition) is 4. The molecule has 0 spiro atoms. The van der Waals surface area contributed by atoms with Crippen molar-refractivity contribution in [3.8, 4) is 0 Å². The zero-order valence-corrected chi connectivity index (χ0v) is 23.6. The third kappa shape index (κ3) is 8.09. The predicted molar refractivity (Wildman–Crippen MR) is 164 cm³/mol. The Kier molecular flexibility index (Phi) is 9.78. The molecule has 1 unspecified atom stereocenters. The highest BCUT2D eigenvalue weighted by atomic mass is 35.5. The van der Waals surface area contributed by atoms with E-state index >= 15 is 0 Å². The molecule has 0 fully saturated rings. The Morgan fingerprint density at radius 3 is 2.20 bits per heavy atom. The van der Waals surface area contributed by atoms with Gasteiger partial charge in [-0.15, -0.1) is 11.8 Å². The number of anilines is 2. The molecular formula is C32H28ClN3O3S. The molecule has 40 heavy (non-hydrogen) atoms. The first-order chi connectivity index (χ1) is 19.3. The zero-order valence-electron chi connectivity index (χ0n) is 22.0. The maximum Gasteiger partial charge on any atom is 0.272 e. The molecule has 0 aliphatic rings. The van der Waals surface area contributed by atoms with Crippen molar-refractivity contribution in [1.82, 2.24) is 5.32 Å².